The first-order chi connectivity index (χ1) is 29.7. The van der Waals surface area contributed by atoms with E-state index in [4.69, 9.17) is 28.4 Å². The molecule has 0 aliphatic heterocycles. The van der Waals surface area contributed by atoms with Gasteiger partial charge in [-0.15, -0.1) is 0 Å². The van der Waals surface area contributed by atoms with Crippen LogP contribution in [0.15, 0.2) is 36.4 Å². The van der Waals surface area contributed by atoms with Crippen LogP contribution in [0.25, 0.3) is 32.3 Å². The molecule has 0 heterocycles. The third kappa shape index (κ3) is 9.43. The highest BCUT2D eigenvalue weighted by Gasteiger charge is 2.28. The van der Waals surface area contributed by atoms with Crippen LogP contribution in [0.3, 0.4) is 0 Å². The van der Waals surface area contributed by atoms with Crippen LogP contribution in [0.1, 0.15) is 193 Å². The van der Waals surface area contributed by atoms with Gasteiger partial charge in [-0.3, -0.25) is 0 Å². The highest BCUT2D eigenvalue weighted by atomic mass is 16.5. The van der Waals surface area contributed by atoms with Crippen LogP contribution in [0.2, 0.25) is 0 Å². The summed E-state index contributed by atoms with van der Waals surface area (Å²) < 4.78 is 42.5. The molecule has 0 unspecified atom stereocenters. The maximum absolute atomic E-state index is 7.08. The van der Waals surface area contributed by atoms with E-state index in [-0.39, 0.29) is 36.6 Å². The minimum atomic E-state index is 0.215. The molecule has 6 heteroatoms. The van der Waals surface area contributed by atoms with E-state index >= 15 is 0 Å². The minimum Gasteiger partial charge on any atom is -0.487 e. The van der Waals surface area contributed by atoms with Crippen LogP contribution in [0.5, 0.6) is 34.5 Å². The third-order valence-electron chi connectivity index (χ3n) is 15.2. The second-order valence-electron chi connectivity index (χ2n) is 19.8. The predicted octanol–water partition coefficient (Wildman–Crippen LogP) is 15.4. The molecule has 4 aromatic rings. The molecule has 0 atom stereocenters. The Labute approximate surface area is 359 Å². The number of hydrogen-bond acceptors (Lipinski definition) is 6. The van der Waals surface area contributed by atoms with Crippen molar-refractivity contribution in [1.82, 2.24) is 0 Å². The van der Waals surface area contributed by atoms with Crippen molar-refractivity contribution in [3.63, 3.8) is 0 Å². The van der Waals surface area contributed by atoms with Crippen molar-refractivity contribution in [2.24, 2.45) is 0 Å². The molecule has 0 amide bonds. The summed E-state index contributed by atoms with van der Waals surface area (Å²) in [5.41, 5.74) is 0. The van der Waals surface area contributed by atoms with E-state index in [9.17, 15) is 0 Å². The van der Waals surface area contributed by atoms with Gasteiger partial charge < -0.3 is 28.4 Å². The maximum Gasteiger partial charge on any atom is 0.162 e. The Morgan fingerprint density at radius 1 is 0.200 bits per heavy atom. The fraction of sp³-hybridized carbons (Fsp3) is 0.667. The number of benzene rings is 4. The van der Waals surface area contributed by atoms with E-state index in [0.717, 1.165) is 112 Å². The second-order valence-corrected chi connectivity index (χ2v) is 19.8. The van der Waals surface area contributed by atoms with Crippen LogP contribution >= 0.6 is 0 Å². The van der Waals surface area contributed by atoms with Crippen molar-refractivity contribution >= 4 is 32.3 Å². The molecule has 6 fully saturated rings. The topological polar surface area (TPSA) is 55.4 Å². The largest absolute Gasteiger partial charge is 0.487 e. The van der Waals surface area contributed by atoms with E-state index in [1.54, 1.807) is 0 Å². The molecule has 6 saturated carbocycles. The molecule has 0 radical (unpaired) electrons. The highest BCUT2D eigenvalue weighted by Crippen LogP contribution is 2.49. The predicted molar refractivity (Wildman–Crippen MR) is 244 cm³/mol. The third-order valence-corrected chi connectivity index (χ3v) is 15.2. The highest BCUT2D eigenvalue weighted by molar-refractivity contribution is 6.26. The molecule has 324 valence electrons. The fourth-order valence-corrected chi connectivity index (χ4v) is 11.7. The molecule has 4 aromatic carbocycles. The van der Waals surface area contributed by atoms with Gasteiger partial charge in [-0.05, 0) is 223 Å². The molecule has 60 heavy (non-hydrogen) atoms. The van der Waals surface area contributed by atoms with E-state index < -0.39 is 0 Å². The zero-order chi connectivity index (χ0) is 40.1. The lowest BCUT2D eigenvalue weighted by atomic mass is 9.92. The van der Waals surface area contributed by atoms with Crippen LogP contribution in [-0.4, -0.2) is 36.6 Å². The Balaban J connectivity index is 1.19. The first-order valence-corrected chi connectivity index (χ1v) is 25.3. The Hall–Kier alpha value is -3.54. The first kappa shape index (κ1) is 40.5. The Morgan fingerprint density at radius 3 is 0.467 bits per heavy atom. The molecule has 0 aromatic heterocycles. The molecule has 10 rings (SSSR count). The number of hydrogen-bond donors (Lipinski definition) is 0. The van der Waals surface area contributed by atoms with Gasteiger partial charge in [0.15, 0.2) is 34.5 Å². The van der Waals surface area contributed by atoms with Gasteiger partial charge in [0.05, 0.1) is 36.6 Å². The van der Waals surface area contributed by atoms with E-state index in [1.165, 1.54) is 148 Å². The molecule has 0 bridgehead atoms. The lowest BCUT2D eigenvalue weighted by Gasteiger charge is -2.29. The number of fused-ring (bicyclic) bond motifs is 6. The summed E-state index contributed by atoms with van der Waals surface area (Å²) in [5.74, 6) is 5.38. The van der Waals surface area contributed by atoms with Crippen LogP contribution in [0, 0.1) is 0 Å². The Bertz CT molecular complexity index is 1630. The quantitative estimate of drug-likeness (QED) is 0.133. The van der Waals surface area contributed by atoms with Crippen molar-refractivity contribution < 1.29 is 28.4 Å². The van der Waals surface area contributed by atoms with Gasteiger partial charge in [0.25, 0.3) is 0 Å². The standard InChI is InChI=1S/C54H72O6/c1-7-19-37(20-8-1)55-49-31-43-44(32-50(49)56-38-21-9-2-10-22-38)46-34-52(58-40-25-13-4-14-26-40)54(60-42-29-17-6-18-30-42)36-48(46)47-35-53(59-41-27-15-5-16-28-41)51(33-45(43)47)57-39-23-11-3-12-24-39/h31-42H,1-30H2. The first-order valence-electron chi connectivity index (χ1n) is 25.3. The smallest absolute Gasteiger partial charge is 0.162 e. The van der Waals surface area contributed by atoms with Gasteiger partial charge >= 0.3 is 0 Å². The number of rotatable bonds is 12. The van der Waals surface area contributed by atoms with Gasteiger partial charge in [-0.25, -0.2) is 0 Å². The summed E-state index contributed by atoms with van der Waals surface area (Å²) in [4.78, 5) is 0. The van der Waals surface area contributed by atoms with E-state index in [0.29, 0.717) is 0 Å². The van der Waals surface area contributed by atoms with Crippen molar-refractivity contribution in [3.05, 3.63) is 36.4 Å². The number of ether oxygens (including phenoxy) is 6. The molecule has 0 saturated heterocycles. The zero-order valence-corrected chi connectivity index (χ0v) is 36.6. The average Bonchev–Trinajstić information content (AvgIpc) is 3.29. The summed E-state index contributed by atoms with van der Waals surface area (Å²) in [6.45, 7) is 0. The van der Waals surface area contributed by atoms with E-state index in [2.05, 4.69) is 36.4 Å². The lowest BCUT2D eigenvalue weighted by molar-refractivity contribution is 0.123. The maximum atomic E-state index is 7.08. The van der Waals surface area contributed by atoms with Crippen LogP contribution < -0.4 is 28.4 Å². The van der Waals surface area contributed by atoms with Crippen LogP contribution in [-0.2, 0) is 0 Å². The molecule has 6 aliphatic carbocycles. The van der Waals surface area contributed by atoms with Crippen molar-refractivity contribution in [1.29, 1.82) is 0 Å². The monoisotopic (exact) mass is 817 g/mol. The lowest BCUT2D eigenvalue weighted by Crippen LogP contribution is -2.23. The zero-order valence-electron chi connectivity index (χ0n) is 36.6. The minimum absolute atomic E-state index is 0.215. The molecule has 0 spiro atoms. The average molecular weight is 817 g/mol. The van der Waals surface area contributed by atoms with Crippen molar-refractivity contribution in [3.8, 4) is 34.5 Å². The second kappa shape index (κ2) is 19.2. The van der Waals surface area contributed by atoms with Gasteiger partial charge in [0.2, 0.25) is 0 Å². The summed E-state index contributed by atoms with van der Waals surface area (Å²) in [6, 6.07) is 14.0. The van der Waals surface area contributed by atoms with Gasteiger partial charge in [-0.1, -0.05) is 38.5 Å². The van der Waals surface area contributed by atoms with Gasteiger partial charge in [-0.2, -0.15) is 0 Å². The van der Waals surface area contributed by atoms with Gasteiger partial charge in [0, 0.05) is 0 Å². The summed E-state index contributed by atoms with van der Waals surface area (Å²) in [6.07, 6.45) is 37.0. The summed E-state index contributed by atoms with van der Waals surface area (Å²) in [7, 11) is 0. The summed E-state index contributed by atoms with van der Waals surface area (Å²) >= 11 is 0. The molecule has 6 nitrogen and oxygen atoms in total. The van der Waals surface area contributed by atoms with E-state index in [1.807, 2.05) is 0 Å². The summed E-state index contributed by atoms with van der Waals surface area (Å²) in [5, 5.41) is 7.09. The molecular formula is C54H72O6. The normalized spacial score (nSPS) is 22.6. The van der Waals surface area contributed by atoms with Crippen LogP contribution in [0.4, 0.5) is 0 Å². The van der Waals surface area contributed by atoms with Gasteiger partial charge in [0.1, 0.15) is 0 Å². The Kier molecular flexibility index (Phi) is 13.0. The molecular weight excluding hydrogens is 745 g/mol. The molecule has 6 aliphatic rings. The Morgan fingerprint density at radius 2 is 0.333 bits per heavy atom. The SMILES string of the molecule is c1c(OC2CCCCC2)c(OC2CCCCC2)cc2c1c1cc(OC3CCCCC3)c(OC3CCCCC3)cc1c1cc(OC3CCCCC3)c(OC3CCCCC3)cc21. The molecule has 0 N–H and O–H groups in total. The van der Waals surface area contributed by atoms with Crippen molar-refractivity contribution in [2.75, 3.05) is 0 Å². The fourth-order valence-electron chi connectivity index (χ4n) is 11.7. The van der Waals surface area contributed by atoms with Crippen molar-refractivity contribution in [2.45, 2.75) is 229 Å².